The molecule has 0 unspecified atom stereocenters. The summed E-state index contributed by atoms with van der Waals surface area (Å²) in [6, 6.07) is 15.9. The van der Waals surface area contributed by atoms with E-state index >= 15 is 0 Å². The molecule has 2 heterocycles. The van der Waals surface area contributed by atoms with Gasteiger partial charge in [-0.15, -0.1) is 0 Å². The lowest BCUT2D eigenvalue weighted by Crippen LogP contribution is -1.87. The predicted molar refractivity (Wildman–Crippen MR) is 65.0 cm³/mol. The molecule has 0 radical (unpaired) electrons. The van der Waals surface area contributed by atoms with Crippen LogP contribution < -0.4 is 5.73 Å². The van der Waals surface area contributed by atoms with Crippen LogP contribution in [0, 0.1) is 0 Å². The second-order valence-electron chi connectivity index (χ2n) is 3.64. The number of benzene rings is 1. The first kappa shape index (κ1) is 8.97. The molecule has 3 aromatic rings. The van der Waals surface area contributed by atoms with Crippen molar-refractivity contribution >= 4 is 11.3 Å². The van der Waals surface area contributed by atoms with Gasteiger partial charge in [0.25, 0.3) is 0 Å². The van der Waals surface area contributed by atoms with Crippen molar-refractivity contribution in [2.75, 3.05) is 5.73 Å². The molecule has 16 heavy (non-hydrogen) atoms. The number of pyridine rings is 1. The summed E-state index contributed by atoms with van der Waals surface area (Å²) in [6.45, 7) is 0. The van der Waals surface area contributed by atoms with Crippen molar-refractivity contribution in [1.29, 1.82) is 0 Å². The Morgan fingerprint density at radius 3 is 2.50 bits per heavy atom. The molecule has 78 valence electrons. The number of nitrogens with zero attached hydrogens (tertiary/aromatic N) is 2. The Labute approximate surface area is 93.2 Å². The van der Waals surface area contributed by atoms with E-state index in [4.69, 9.17) is 5.73 Å². The van der Waals surface area contributed by atoms with Crippen molar-refractivity contribution in [1.82, 2.24) is 9.38 Å². The van der Waals surface area contributed by atoms with Crippen LogP contribution >= 0.6 is 0 Å². The van der Waals surface area contributed by atoms with Gasteiger partial charge in [-0.1, -0.05) is 36.4 Å². The summed E-state index contributed by atoms with van der Waals surface area (Å²) in [7, 11) is 0. The van der Waals surface area contributed by atoms with Crippen LogP contribution in [0.15, 0.2) is 54.7 Å². The molecule has 3 nitrogen and oxygen atoms in total. The van der Waals surface area contributed by atoms with Gasteiger partial charge in [0.2, 0.25) is 0 Å². The monoisotopic (exact) mass is 209 g/mol. The molecule has 0 aliphatic heterocycles. The second-order valence-corrected chi connectivity index (χ2v) is 3.64. The highest BCUT2D eigenvalue weighted by Gasteiger charge is 2.08. The maximum atomic E-state index is 5.88. The summed E-state index contributed by atoms with van der Waals surface area (Å²) in [5, 5.41) is 0. The van der Waals surface area contributed by atoms with Crippen LogP contribution in [-0.2, 0) is 0 Å². The molecule has 2 aromatic heterocycles. The van der Waals surface area contributed by atoms with E-state index in [1.807, 2.05) is 59.1 Å². The van der Waals surface area contributed by atoms with Gasteiger partial charge in [-0.3, -0.25) is 4.40 Å². The zero-order valence-corrected chi connectivity index (χ0v) is 8.67. The average Bonchev–Trinajstić information content (AvgIpc) is 2.69. The largest absolute Gasteiger partial charge is 0.382 e. The van der Waals surface area contributed by atoms with Crippen LogP contribution in [0.1, 0.15) is 0 Å². The summed E-state index contributed by atoms with van der Waals surface area (Å²) < 4.78 is 2.00. The number of hydrogen-bond donors (Lipinski definition) is 1. The Hall–Kier alpha value is -2.29. The Morgan fingerprint density at radius 2 is 1.69 bits per heavy atom. The number of fused-ring (bicyclic) bond motifs is 1. The van der Waals surface area contributed by atoms with E-state index < -0.39 is 0 Å². The van der Waals surface area contributed by atoms with Crippen LogP contribution in [0.4, 0.5) is 5.82 Å². The summed E-state index contributed by atoms with van der Waals surface area (Å²) >= 11 is 0. The number of imidazole rings is 1. The molecule has 0 aliphatic carbocycles. The molecular weight excluding hydrogens is 198 g/mol. The van der Waals surface area contributed by atoms with Crippen LogP contribution in [0.3, 0.4) is 0 Å². The van der Waals surface area contributed by atoms with Crippen molar-refractivity contribution in [2.45, 2.75) is 0 Å². The van der Waals surface area contributed by atoms with E-state index in [9.17, 15) is 0 Å². The lowest BCUT2D eigenvalue weighted by atomic mass is 10.2. The van der Waals surface area contributed by atoms with E-state index in [1.165, 1.54) is 0 Å². The number of anilines is 1. The fraction of sp³-hybridized carbons (Fsp3) is 0. The summed E-state index contributed by atoms with van der Waals surface area (Å²) in [5.41, 5.74) is 7.90. The van der Waals surface area contributed by atoms with Crippen LogP contribution in [-0.4, -0.2) is 9.38 Å². The molecule has 3 rings (SSSR count). The third kappa shape index (κ3) is 1.26. The van der Waals surface area contributed by atoms with Crippen LogP contribution in [0.2, 0.25) is 0 Å². The third-order valence-electron chi connectivity index (χ3n) is 2.61. The zero-order chi connectivity index (χ0) is 11.0. The molecule has 3 heteroatoms. The van der Waals surface area contributed by atoms with Crippen LogP contribution in [0.25, 0.3) is 16.9 Å². The molecule has 0 atom stereocenters. The minimum absolute atomic E-state index is 0.569. The highest BCUT2D eigenvalue weighted by Crippen LogP contribution is 2.23. The van der Waals surface area contributed by atoms with Gasteiger partial charge >= 0.3 is 0 Å². The molecule has 0 fully saturated rings. The average molecular weight is 209 g/mol. The van der Waals surface area contributed by atoms with E-state index in [1.54, 1.807) is 0 Å². The van der Waals surface area contributed by atoms with Crippen molar-refractivity contribution in [2.24, 2.45) is 0 Å². The van der Waals surface area contributed by atoms with Gasteiger partial charge in [-0.05, 0) is 12.1 Å². The topological polar surface area (TPSA) is 43.3 Å². The Morgan fingerprint density at radius 1 is 0.938 bits per heavy atom. The lowest BCUT2D eigenvalue weighted by molar-refractivity contribution is 1.16. The van der Waals surface area contributed by atoms with Gasteiger partial charge in [0, 0.05) is 11.8 Å². The minimum atomic E-state index is 0.569. The maximum absolute atomic E-state index is 5.88. The smallest absolute Gasteiger partial charge is 0.150 e. The molecular formula is C13H11N3. The first-order valence-electron chi connectivity index (χ1n) is 5.14. The van der Waals surface area contributed by atoms with E-state index in [-0.39, 0.29) is 0 Å². The normalized spacial score (nSPS) is 10.8. The number of aromatic nitrogens is 2. The van der Waals surface area contributed by atoms with Gasteiger partial charge < -0.3 is 5.73 Å². The standard InChI is InChI=1S/C13H11N3/c14-12-11-8-4-5-9-16(11)13(15-12)10-6-2-1-3-7-10/h1-9H,14H2. The summed E-state index contributed by atoms with van der Waals surface area (Å²) in [6.07, 6.45) is 1.97. The van der Waals surface area contributed by atoms with Gasteiger partial charge in [0.05, 0.1) is 5.52 Å². The first-order valence-corrected chi connectivity index (χ1v) is 5.14. The number of nitrogen functional groups attached to an aromatic ring is 1. The Kier molecular flexibility index (Phi) is 1.90. The van der Waals surface area contributed by atoms with Crippen molar-refractivity contribution in [3.8, 4) is 11.4 Å². The fourth-order valence-corrected chi connectivity index (χ4v) is 1.85. The molecule has 0 aliphatic rings. The maximum Gasteiger partial charge on any atom is 0.150 e. The zero-order valence-electron chi connectivity index (χ0n) is 8.67. The van der Waals surface area contributed by atoms with E-state index in [2.05, 4.69) is 4.98 Å². The minimum Gasteiger partial charge on any atom is -0.382 e. The molecule has 0 spiro atoms. The first-order chi connectivity index (χ1) is 7.86. The van der Waals surface area contributed by atoms with Gasteiger partial charge in [-0.2, -0.15) is 0 Å². The van der Waals surface area contributed by atoms with Gasteiger partial charge in [0.1, 0.15) is 11.6 Å². The quantitative estimate of drug-likeness (QED) is 0.669. The molecule has 0 saturated heterocycles. The number of hydrogen-bond acceptors (Lipinski definition) is 2. The third-order valence-corrected chi connectivity index (χ3v) is 2.61. The SMILES string of the molecule is Nc1nc(-c2ccccc2)n2ccccc12. The Balaban J connectivity index is 2.33. The molecule has 0 bridgehead atoms. The second kappa shape index (κ2) is 3.38. The predicted octanol–water partition coefficient (Wildman–Crippen LogP) is 2.58. The van der Waals surface area contributed by atoms with Crippen LogP contribution in [0.5, 0.6) is 0 Å². The summed E-state index contributed by atoms with van der Waals surface area (Å²) in [4.78, 5) is 4.40. The van der Waals surface area contributed by atoms with Gasteiger partial charge in [0.15, 0.2) is 0 Å². The van der Waals surface area contributed by atoms with Gasteiger partial charge in [-0.25, -0.2) is 4.98 Å². The van der Waals surface area contributed by atoms with E-state index in [0.29, 0.717) is 5.82 Å². The molecule has 0 saturated carbocycles. The van der Waals surface area contributed by atoms with E-state index in [0.717, 1.165) is 16.9 Å². The summed E-state index contributed by atoms with van der Waals surface area (Å²) in [5.74, 6) is 1.45. The molecule has 2 N–H and O–H groups in total. The molecule has 0 amide bonds. The highest BCUT2D eigenvalue weighted by atomic mass is 15.1. The highest BCUT2D eigenvalue weighted by molar-refractivity contribution is 5.73. The Bertz CT molecular complexity index is 626. The van der Waals surface area contributed by atoms with Crippen molar-refractivity contribution in [3.05, 3.63) is 54.7 Å². The van der Waals surface area contributed by atoms with Crippen molar-refractivity contribution < 1.29 is 0 Å². The fourth-order valence-electron chi connectivity index (χ4n) is 1.85. The number of nitrogens with two attached hydrogens (primary N) is 1. The van der Waals surface area contributed by atoms with Crippen molar-refractivity contribution in [3.63, 3.8) is 0 Å². The molecule has 1 aromatic carbocycles. The lowest BCUT2D eigenvalue weighted by Gasteiger charge is -1.99. The number of rotatable bonds is 1.